The number of rotatable bonds is 5. The van der Waals surface area contributed by atoms with E-state index in [0.717, 1.165) is 5.92 Å². The van der Waals surface area contributed by atoms with E-state index in [1.807, 2.05) is 0 Å². The van der Waals surface area contributed by atoms with Crippen LogP contribution in [0.15, 0.2) is 24.3 Å². The standard InChI is InChI=1S/C15H24N2/c1-11(2)17(10-13-8-9-13)15-7-5-4-6-14(15)12(3)16/h4-7,11-13H,8-10,16H2,1-3H3/t12-/m0/s1. The number of nitrogens with two attached hydrogens (primary N) is 1. The van der Waals surface area contributed by atoms with Crippen molar-refractivity contribution >= 4 is 5.69 Å². The van der Waals surface area contributed by atoms with E-state index < -0.39 is 0 Å². The Bertz CT molecular complexity index is 367. The van der Waals surface area contributed by atoms with Gasteiger partial charge in [-0.05, 0) is 51.2 Å². The number of nitrogens with zero attached hydrogens (tertiary/aromatic N) is 1. The Morgan fingerprint density at radius 1 is 1.24 bits per heavy atom. The molecule has 1 aromatic rings. The highest BCUT2D eigenvalue weighted by Gasteiger charge is 2.26. The van der Waals surface area contributed by atoms with E-state index >= 15 is 0 Å². The third kappa shape index (κ3) is 3.01. The van der Waals surface area contributed by atoms with Gasteiger partial charge in [-0.25, -0.2) is 0 Å². The lowest BCUT2D eigenvalue weighted by molar-refractivity contribution is 0.637. The lowest BCUT2D eigenvalue weighted by Gasteiger charge is -2.32. The van der Waals surface area contributed by atoms with Gasteiger partial charge in [0, 0.05) is 24.3 Å². The summed E-state index contributed by atoms with van der Waals surface area (Å²) >= 11 is 0. The molecule has 0 saturated heterocycles. The smallest absolute Gasteiger partial charge is 0.0416 e. The van der Waals surface area contributed by atoms with Gasteiger partial charge in [0.1, 0.15) is 0 Å². The topological polar surface area (TPSA) is 29.3 Å². The molecule has 0 aliphatic heterocycles. The molecule has 0 amide bonds. The molecule has 1 aliphatic carbocycles. The number of hydrogen-bond donors (Lipinski definition) is 1. The Morgan fingerprint density at radius 3 is 2.41 bits per heavy atom. The maximum atomic E-state index is 6.07. The Hall–Kier alpha value is -1.02. The minimum atomic E-state index is 0.103. The molecule has 17 heavy (non-hydrogen) atoms. The highest BCUT2D eigenvalue weighted by molar-refractivity contribution is 5.55. The van der Waals surface area contributed by atoms with Gasteiger partial charge < -0.3 is 10.6 Å². The highest BCUT2D eigenvalue weighted by Crippen LogP contribution is 2.34. The molecule has 0 unspecified atom stereocenters. The Morgan fingerprint density at radius 2 is 1.88 bits per heavy atom. The molecule has 0 spiro atoms. The molecule has 1 aromatic carbocycles. The number of benzene rings is 1. The fraction of sp³-hybridized carbons (Fsp3) is 0.600. The van der Waals surface area contributed by atoms with Gasteiger partial charge in [0.15, 0.2) is 0 Å². The van der Waals surface area contributed by atoms with E-state index in [-0.39, 0.29) is 6.04 Å². The first kappa shape index (κ1) is 12.4. The molecule has 1 aliphatic rings. The van der Waals surface area contributed by atoms with Crippen LogP contribution in [0.25, 0.3) is 0 Å². The van der Waals surface area contributed by atoms with Crippen molar-refractivity contribution in [3.05, 3.63) is 29.8 Å². The average molecular weight is 232 g/mol. The first-order chi connectivity index (χ1) is 8.09. The van der Waals surface area contributed by atoms with Crippen molar-refractivity contribution in [1.29, 1.82) is 0 Å². The third-order valence-electron chi connectivity index (χ3n) is 3.51. The molecule has 2 N–H and O–H groups in total. The maximum Gasteiger partial charge on any atom is 0.0416 e. The highest BCUT2D eigenvalue weighted by atomic mass is 15.2. The van der Waals surface area contributed by atoms with Crippen LogP contribution in [0.1, 0.15) is 45.2 Å². The van der Waals surface area contributed by atoms with E-state index in [1.165, 1.54) is 30.6 Å². The molecule has 94 valence electrons. The van der Waals surface area contributed by atoms with Gasteiger partial charge in [-0.1, -0.05) is 18.2 Å². The quantitative estimate of drug-likeness (QED) is 0.843. The van der Waals surface area contributed by atoms with Gasteiger partial charge >= 0.3 is 0 Å². The Labute approximate surface area is 105 Å². The maximum absolute atomic E-state index is 6.07. The molecule has 0 heterocycles. The van der Waals surface area contributed by atoms with Crippen LogP contribution in [-0.2, 0) is 0 Å². The predicted octanol–water partition coefficient (Wildman–Crippen LogP) is 3.33. The first-order valence-electron chi connectivity index (χ1n) is 6.70. The van der Waals surface area contributed by atoms with Gasteiger partial charge in [-0.2, -0.15) is 0 Å². The molecule has 1 saturated carbocycles. The van der Waals surface area contributed by atoms with Gasteiger partial charge in [0.2, 0.25) is 0 Å². The third-order valence-corrected chi connectivity index (χ3v) is 3.51. The Balaban J connectivity index is 2.27. The normalized spacial score (nSPS) is 17.2. The van der Waals surface area contributed by atoms with E-state index in [0.29, 0.717) is 6.04 Å². The first-order valence-corrected chi connectivity index (χ1v) is 6.70. The minimum absolute atomic E-state index is 0.103. The van der Waals surface area contributed by atoms with Crippen molar-refractivity contribution in [2.24, 2.45) is 11.7 Å². The summed E-state index contributed by atoms with van der Waals surface area (Å²) in [6, 6.07) is 9.20. The minimum Gasteiger partial charge on any atom is -0.369 e. The summed E-state index contributed by atoms with van der Waals surface area (Å²) in [4.78, 5) is 2.51. The van der Waals surface area contributed by atoms with Crippen LogP contribution in [0.4, 0.5) is 5.69 Å². The zero-order chi connectivity index (χ0) is 12.4. The molecule has 0 bridgehead atoms. The second kappa shape index (κ2) is 5.09. The van der Waals surface area contributed by atoms with Gasteiger partial charge in [0.05, 0.1) is 0 Å². The monoisotopic (exact) mass is 232 g/mol. The molecule has 1 fully saturated rings. The van der Waals surface area contributed by atoms with Crippen LogP contribution in [0, 0.1) is 5.92 Å². The van der Waals surface area contributed by atoms with Gasteiger partial charge in [0.25, 0.3) is 0 Å². The van der Waals surface area contributed by atoms with Crippen molar-refractivity contribution in [3.63, 3.8) is 0 Å². The van der Waals surface area contributed by atoms with Crippen LogP contribution in [-0.4, -0.2) is 12.6 Å². The fourth-order valence-electron chi connectivity index (χ4n) is 2.30. The summed E-state index contributed by atoms with van der Waals surface area (Å²) in [6.45, 7) is 7.77. The molecule has 2 rings (SSSR count). The largest absolute Gasteiger partial charge is 0.369 e. The molecule has 1 atom stereocenters. The van der Waals surface area contributed by atoms with Crippen molar-refractivity contribution in [2.45, 2.75) is 45.7 Å². The molecule has 2 heteroatoms. The lowest BCUT2D eigenvalue weighted by Crippen LogP contribution is -2.34. The molecule has 0 aromatic heterocycles. The summed E-state index contributed by atoms with van der Waals surface area (Å²) in [6.07, 6.45) is 2.78. The van der Waals surface area contributed by atoms with E-state index in [4.69, 9.17) is 5.73 Å². The van der Waals surface area contributed by atoms with Crippen LogP contribution >= 0.6 is 0 Å². The fourth-order valence-corrected chi connectivity index (χ4v) is 2.30. The van der Waals surface area contributed by atoms with E-state index in [1.54, 1.807) is 0 Å². The van der Waals surface area contributed by atoms with Crippen molar-refractivity contribution < 1.29 is 0 Å². The van der Waals surface area contributed by atoms with Crippen molar-refractivity contribution in [1.82, 2.24) is 0 Å². The zero-order valence-electron chi connectivity index (χ0n) is 11.2. The van der Waals surface area contributed by atoms with Gasteiger partial charge in [-0.3, -0.25) is 0 Å². The van der Waals surface area contributed by atoms with Crippen molar-refractivity contribution in [2.75, 3.05) is 11.4 Å². The molecule has 2 nitrogen and oxygen atoms in total. The molecule has 0 radical (unpaired) electrons. The van der Waals surface area contributed by atoms with Crippen LogP contribution in [0.2, 0.25) is 0 Å². The Kier molecular flexibility index (Phi) is 3.72. The van der Waals surface area contributed by atoms with Gasteiger partial charge in [-0.15, -0.1) is 0 Å². The lowest BCUT2D eigenvalue weighted by atomic mass is 10.0. The summed E-state index contributed by atoms with van der Waals surface area (Å²) in [5.41, 5.74) is 8.66. The second-order valence-corrected chi connectivity index (χ2v) is 5.54. The van der Waals surface area contributed by atoms with Crippen LogP contribution in [0.5, 0.6) is 0 Å². The summed E-state index contributed by atoms with van der Waals surface area (Å²) in [7, 11) is 0. The number of anilines is 1. The molecular weight excluding hydrogens is 208 g/mol. The number of para-hydroxylation sites is 1. The summed E-state index contributed by atoms with van der Waals surface area (Å²) in [5.74, 6) is 0.901. The summed E-state index contributed by atoms with van der Waals surface area (Å²) in [5, 5.41) is 0. The number of hydrogen-bond acceptors (Lipinski definition) is 2. The molecular formula is C15H24N2. The van der Waals surface area contributed by atoms with Crippen LogP contribution < -0.4 is 10.6 Å². The van der Waals surface area contributed by atoms with E-state index in [9.17, 15) is 0 Å². The van der Waals surface area contributed by atoms with E-state index in [2.05, 4.69) is 49.9 Å². The van der Waals surface area contributed by atoms with Crippen molar-refractivity contribution in [3.8, 4) is 0 Å². The zero-order valence-corrected chi connectivity index (χ0v) is 11.2. The predicted molar refractivity (Wildman–Crippen MR) is 74.3 cm³/mol. The average Bonchev–Trinajstić information content (AvgIpc) is 3.09. The van der Waals surface area contributed by atoms with Crippen LogP contribution in [0.3, 0.4) is 0 Å². The SMILES string of the molecule is CC(C)N(CC1CC1)c1ccccc1[C@H](C)N. The summed E-state index contributed by atoms with van der Waals surface area (Å²) < 4.78 is 0. The second-order valence-electron chi connectivity index (χ2n) is 5.54.